The number of H-pyrrole nitrogens is 1. The van der Waals surface area contributed by atoms with Gasteiger partial charge in [0.15, 0.2) is 0 Å². The second kappa shape index (κ2) is 9.28. The fraction of sp³-hybridized carbons (Fsp3) is 0.200. The molecule has 2 heterocycles. The third-order valence-corrected chi connectivity index (χ3v) is 7.59. The fourth-order valence-corrected chi connectivity index (χ4v) is 5.27. The molecular formula is C25H25N3O5S. The van der Waals surface area contributed by atoms with Crippen LogP contribution in [0.15, 0.2) is 82.5 Å². The normalized spacial score (nSPS) is 15.0. The molecule has 8 nitrogen and oxygen atoms in total. The van der Waals surface area contributed by atoms with Crippen molar-refractivity contribution in [2.45, 2.75) is 30.7 Å². The van der Waals surface area contributed by atoms with Gasteiger partial charge >= 0.3 is 5.97 Å². The first-order valence-electron chi connectivity index (χ1n) is 10.6. The van der Waals surface area contributed by atoms with Gasteiger partial charge in [-0.15, -0.1) is 0 Å². The lowest BCUT2D eigenvalue weighted by molar-refractivity contribution is -0.136. The van der Waals surface area contributed by atoms with Crippen molar-refractivity contribution in [1.29, 1.82) is 0 Å². The van der Waals surface area contributed by atoms with Gasteiger partial charge in [-0.1, -0.05) is 35.9 Å². The van der Waals surface area contributed by atoms with E-state index >= 15 is 0 Å². The van der Waals surface area contributed by atoms with E-state index in [1.165, 1.54) is 31.6 Å². The lowest BCUT2D eigenvalue weighted by atomic mass is 10.0. The number of aryl methyl sites for hydroxylation is 1. The number of allylic oxidation sites excluding steroid dienone is 1. The van der Waals surface area contributed by atoms with Gasteiger partial charge in [0, 0.05) is 35.9 Å². The smallest absolute Gasteiger partial charge is 0.335 e. The van der Waals surface area contributed by atoms with Crippen molar-refractivity contribution in [3.05, 3.63) is 88.7 Å². The molecule has 1 aliphatic rings. The predicted octanol–water partition coefficient (Wildman–Crippen LogP) is 2.95. The van der Waals surface area contributed by atoms with E-state index < -0.39 is 27.8 Å². The number of nitrogens with zero attached hydrogens (tertiary/aromatic N) is 1. The van der Waals surface area contributed by atoms with Crippen molar-refractivity contribution in [2.75, 3.05) is 7.11 Å². The van der Waals surface area contributed by atoms with Crippen LogP contribution in [0.5, 0.6) is 0 Å². The van der Waals surface area contributed by atoms with Crippen LogP contribution in [0.2, 0.25) is 0 Å². The summed E-state index contributed by atoms with van der Waals surface area (Å²) < 4.78 is 31.3. The Labute approximate surface area is 197 Å². The van der Waals surface area contributed by atoms with Crippen LogP contribution in [-0.4, -0.2) is 43.3 Å². The van der Waals surface area contributed by atoms with Crippen LogP contribution in [0.4, 0.5) is 0 Å². The lowest BCUT2D eigenvalue weighted by Gasteiger charge is -2.25. The van der Waals surface area contributed by atoms with Gasteiger partial charge in [-0.25, -0.2) is 13.2 Å². The Morgan fingerprint density at radius 1 is 1.12 bits per heavy atom. The molecule has 0 bridgehead atoms. The number of fused-ring (bicyclic) bond motifs is 1. The minimum Gasteiger partial charge on any atom is -0.466 e. The Morgan fingerprint density at radius 3 is 2.53 bits per heavy atom. The maximum absolute atomic E-state index is 13.3. The number of aromatic nitrogens is 1. The van der Waals surface area contributed by atoms with Crippen LogP contribution >= 0.6 is 0 Å². The molecule has 0 fully saturated rings. The molecule has 176 valence electrons. The number of nitrogens with two attached hydrogens (primary N) is 1. The standard InChI is InChI=1S/C25H25N3O5S/c1-16-7-9-19(10-8-16)34(31,32)20-11-18(25(30)33-2)14-28(15-20)24(29)22(26)12-17-13-27-23-6-4-3-5-21(17)23/h3-10,13-15,22,27H,11-12,26H2,1-2H3/t22-/m0/s1. The van der Waals surface area contributed by atoms with Gasteiger partial charge in [-0.2, -0.15) is 0 Å². The highest BCUT2D eigenvalue weighted by Gasteiger charge is 2.31. The van der Waals surface area contributed by atoms with E-state index in [0.717, 1.165) is 26.9 Å². The van der Waals surface area contributed by atoms with Gasteiger partial charge in [0.1, 0.15) is 0 Å². The van der Waals surface area contributed by atoms with Gasteiger partial charge in [0.05, 0.1) is 28.5 Å². The Morgan fingerprint density at radius 2 is 1.82 bits per heavy atom. The van der Waals surface area contributed by atoms with E-state index in [2.05, 4.69) is 4.98 Å². The number of nitrogens with one attached hydrogen (secondary N) is 1. The van der Waals surface area contributed by atoms with Crippen molar-refractivity contribution in [3.63, 3.8) is 0 Å². The minimum atomic E-state index is -3.95. The maximum atomic E-state index is 13.3. The zero-order valence-electron chi connectivity index (χ0n) is 18.8. The van der Waals surface area contributed by atoms with Gasteiger partial charge in [-0.3, -0.25) is 9.69 Å². The summed E-state index contributed by atoms with van der Waals surface area (Å²) in [5, 5.41) is 0.952. The Kier molecular flexibility index (Phi) is 6.41. The average molecular weight is 480 g/mol. The number of aromatic amines is 1. The van der Waals surface area contributed by atoms with Crippen LogP contribution in [-0.2, 0) is 30.6 Å². The third kappa shape index (κ3) is 4.52. The highest BCUT2D eigenvalue weighted by molar-refractivity contribution is 7.95. The molecule has 1 aliphatic heterocycles. The zero-order valence-corrected chi connectivity index (χ0v) is 19.6. The summed E-state index contributed by atoms with van der Waals surface area (Å²) in [4.78, 5) is 29.7. The van der Waals surface area contributed by atoms with E-state index in [9.17, 15) is 18.0 Å². The Bertz CT molecular complexity index is 1420. The molecule has 1 amide bonds. The number of carbonyl (C=O) groups is 2. The number of ether oxygens (including phenoxy) is 1. The van der Waals surface area contributed by atoms with Crippen LogP contribution in [0, 0.1) is 6.92 Å². The second-order valence-corrected chi connectivity index (χ2v) is 10.2. The number of benzene rings is 2. The van der Waals surface area contributed by atoms with E-state index in [1.807, 2.05) is 31.2 Å². The fourth-order valence-electron chi connectivity index (χ4n) is 3.87. The summed E-state index contributed by atoms with van der Waals surface area (Å²) in [6.45, 7) is 1.85. The molecule has 2 aromatic carbocycles. The number of para-hydroxylation sites is 1. The van der Waals surface area contributed by atoms with E-state index in [4.69, 9.17) is 10.5 Å². The summed E-state index contributed by atoms with van der Waals surface area (Å²) in [6.07, 6.45) is 4.36. The van der Waals surface area contributed by atoms with Gasteiger partial charge < -0.3 is 15.5 Å². The molecule has 0 aliphatic carbocycles. The summed E-state index contributed by atoms with van der Waals surface area (Å²) in [6, 6.07) is 13.1. The monoisotopic (exact) mass is 479 g/mol. The van der Waals surface area contributed by atoms with Gasteiger partial charge in [0.25, 0.3) is 0 Å². The predicted molar refractivity (Wildman–Crippen MR) is 128 cm³/mol. The van der Waals surface area contributed by atoms with Crippen molar-refractivity contribution in [2.24, 2.45) is 5.73 Å². The molecule has 3 N–H and O–H groups in total. The SMILES string of the molecule is COC(=O)C1=CN(C(=O)[C@@H](N)Cc2c[nH]c3ccccc23)C=C(S(=O)(=O)c2ccc(C)cc2)C1. The van der Waals surface area contributed by atoms with Crippen molar-refractivity contribution < 1.29 is 22.7 Å². The number of rotatable bonds is 6. The van der Waals surface area contributed by atoms with Crippen molar-refractivity contribution in [3.8, 4) is 0 Å². The molecule has 0 unspecified atom stereocenters. The first-order valence-corrected chi connectivity index (χ1v) is 12.1. The second-order valence-electron chi connectivity index (χ2n) is 8.15. The zero-order chi connectivity index (χ0) is 24.5. The number of amides is 1. The summed E-state index contributed by atoms with van der Waals surface area (Å²) in [5.74, 6) is -1.25. The molecule has 0 saturated heterocycles. The van der Waals surface area contributed by atoms with E-state index in [-0.39, 0.29) is 28.2 Å². The lowest BCUT2D eigenvalue weighted by Crippen LogP contribution is -2.41. The summed E-state index contributed by atoms with van der Waals surface area (Å²) in [7, 11) is -2.75. The van der Waals surface area contributed by atoms with Crippen LogP contribution in [0.3, 0.4) is 0 Å². The average Bonchev–Trinajstić information content (AvgIpc) is 3.25. The molecule has 4 rings (SSSR count). The molecule has 0 saturated carbocycles. The van der Waals surface area contributed by atoms with Gasteiger partial charge in [-0.05, 0) is 37.1 Å². The quantitative estimate of drug-likeness (QED) is 0.524. The summed E-state index contributed by atoms with van der Waals surface area (Å²) in [5.41, 5.74) is 8.98. The molecular weight excluding hydrogens is 454 g/mol. The summed E-state index contributed by atoms with van der Waals surface area (Å²) >= 11 is 0. The first-order chi connectivity index (χ1) is 16.2. The van der Waals surface area contributed by atoms with Crippen molar-refractivity contribution in [1.82, 2.24) is 9.88 Å². The molecule has 1 atom stereocenters. The highest BCUT2D eigenvalue weighted by atomic mass is 32.2. The van der Waals surface area contributed by atoms with Crippen LogP contribution in [0.1, 0.15) is 17.5 Å². The Balaban J connectivity index is 1.65. The van der Waals surface area contributed by atoms with Gasteiger partial charge in [0.2, 0.25) is 15.7 Å². The number of hydrogen-bond acceptors (Lipinski definition) is 6. The largest absolute Gasteiger partial charge is 0.466 e. The van der Waals surface area contributed by atoms with Crippen LogP contribution < -0.4 is 5.73 Å². The highest BCUT2D eigenvalue weighted by Crippen LogP contribution is 2.30. The number of hydrogen-bond donors (Lipinski definition) is 2. The number of esters is 1. The first kappa shape index (κ1) is 23.5. The maximum Gasteiger partial charge on any atom is 0.335 e. The molecule has 1 aromatic heterocycles. The molecule has 3 aromatic rings. The molecule has 0 radical (unpaired) electrons. The topological polar surface area (TPSA) is 123 Å². The number of carbonyl (C=O) groups excluding carboxylic acids is 2. The minimum absolute atomic E-state index is 0.0448. The number of methoxy groups -OCH3 is 1. The molecule has 9 heteroatoms. The van der Waals surface area contributed by atoms with E-state index in [0.29, 0.717) is 0 Å². The number of sulfone groups is 1. The molecule has 34 heavy (non-hydrogen) atoms. The third-order valence-electron chi connectivity index (χ3n) is 5.75. The van der Waals surface area contributed by atoms with Crippen LogP contribution in [0.25, 0.3) is 10.9 Å². The van der Waals surface area contributed by atoms with Crippen molar-refractivity contribution >= 4 is 32.6 Å². The van der Waals surface area contributed by atoms with E-state index in [1.54, 1.807) is 18.3 Å². The molecule has 0 spiro atoms. The Hall–Kier alpha value is -3.69.